The minimum Gasteiger partial charge on any atom is -0.353 e. The maximum absolute atomic E-state index is 13.2. The molecule has 5 heteroatoms. The van der Waals surface area contributed by atoms with E-state index < -0.39 is 0 Å². The lowest BCUT2D eigenvalue weighted by Crippen LogP contribution is -2.51. The second-order valence-electron chi connectivity index (χ2n) is 10.4. The lowest BCUT2D eigenvalue weighted by atomic mass is 9.86. The molecule has 0 spiro atoms. The molecule has 31 heavy (non-hydrogen) atoms. The average Bonchev–Trinajstić information content (AvgIpc) is 3.21. The number of nitrogens with zero attached hydrogens (tertiary/aromatic N) is 1. The van der Waals surface area contributed by atoms with E-state index in [1.165, 1.54) is 36.8 Å². The van der Waals surface area contributed by atoms with E-state index >= 15 is 0 Å². The first kappa shape index (κ1) is 22.3. The Labute approximate surface area is 187 Å². The number of anilines is 1. The molecular weight excluding hydrogens is 386 g/mol. The van der Waals surface area contributed by atoms with Crippen molar-refractivity contribution in [1.82, 2.24) is 10.2 Å². The van der Waals surface area contributed by atoms with Crippen molar-refractivity contribution in [2.45, 2.75) is 77.7 Å². The van der Waals surface area contributed by atoms with Crippen LogP contribution in [-0.2, 0) is 22.4 Å². The monoisotopic (exact) mass is 425 g/mol. The molecule has 0 radical (unpaired) electrons. The Balaban J connectivity index is 1.41. The van der Waals surface area contributed by atoms with E-state index in [1.807, 2.05) is 6.07 Å². The number of amides is 2. The number of fused-ring (bicyclic) bond motifs is 1. The van der Waals surface area contributed by atoms with E-state index in [4.69, 9.17) is 0 Å². The number of hydrogen-bond acceptors (Lipinski definition) is 3. The molecule has 4 rings (SSSR count). The molecule has 170 valence electrons. The summed E-state index contributed by atoms with van der Waals surface area (Å²) in [6.45, 7) is 6.83. The minimum atomic E-state index is -0.150. The number of carbonyl (C=O) groups excluding carboxylic acids is 2. The third-order valence-electron chi connectivity index (χ3n) is 7.21. The summed E-state index contributed by atoms with van der Waals surface area (Å²) in [5.41, 5.74) is 3.68. The van der Waals surface area contributed by atoms with Crippen molar-refractivity contribution in [3.05, 3.63) is 29.3 Å². The average molecular weight is 426 g/mol. The molecule has 1 heterocycles. The summed E-state index contributed by atoms with van der Waals surface area (Å²) in [7, 11) is 0. The molecule has 2 amide bonds. The quantitative estimate of drug-likeness (QED) is 0.720. The predicted molar refractivity (Wildman–Crippen MR) is 125 cm³/mol. The van der Waals surface area contributed by atoms with Crippen molar-refractivity contribution in [3.8, 4) is 0 Å². The van der Waals surface area contributed by atoms with Crippen molar-refractivity contribution in [1.29, 1.82) is 0 Å². The van der Waals surface area contributed by atoms with E-state index in [1.54, 1.807) is 0 Å². The summed E-state index contributed by atoms with van der Waals surface area (Å²) in [6.07, 6.45) is 9.99. The highest BCUT2D eigenvalue weighted by Gasteiger charge is 2.36. The fourth-order valence-corrected chi connectivity index (χ4v) is 5.70. The Morgan fingerprint density at radius 2 is 1.68 bits per heavy atom. The Kier molecular flexibility index (Phi) is 7.31. The van der Waals surface area contributed by atoms with E-state index in [-0.39, 0.29) is 23.7 Å². The molecule has 1 aromatic rings. The second kappa shape index (κ2) is 10.2. The van der Waals surface area contributed by atoms with Crippen LogP contribution in [0.4, 0.5) is 5.69 Å². The number of carbonyl (C=O) groups is 2. The fourth-order valence-electron chi connectivity index (χ4n) is 5.70. The molecule has 1 saturated carbocycles. The van der Waals surface area contributed by atoms with Crippen LogP contribution in [0.5, 0.6) is 0 Å². The third kappa shape index (κ3) is 5.88. The standard InChI is InChI=1S/C26H39N3O2/c1-18(2)15-29-16-21(25(30)27-23-9-4-3-5-10-23)13-22(17-29)26(31)28-24-12-11-19-7-6-8-20(19)14-24/h11-12,14,18,21-23H,3-10,13,15-17H2,1-2H3,(H,27,30)(H,28,31)/t21-,22+/m0/s1. The first-order valence-corrected chi connectivity index (χ1v) is 12.4. The number of likely N-dealkylation sites (tertiary alicyclic amines) is 1. The molecule has 3 aliphatic rings. The highest BCUT2D eigenvalue weighted by molar-refractivity contribution is 5.93. The molecule has 5 nitrogen and oxygen atoms in total. The van der Waals surface area contributed by atoms with Crippen LogP contribution >= 0.6 is 0 Å². The van der Waals surface area contributed by atoms with Crippen LogP contribution in [0.3, 0.4) is 0 Å². The van der Waals surface area contributed by atoms with Crippen molar-refractivity contribution >= 4 is 17.5 Å². The van der Waals surface area contributed by atoms with Gasteiger partial charge < -0.3 is 15.5 Å². The summed E-state index contributed by atoms with van der Waals surface area (Å²) < 4.78 is 0. The fraction of sp³-hybridized carbons (Fsp3) is 0.692. The molecule has 1 aromatic carbocycles. The van der Waals surface area contributed by atoms with E-state index in [2.05, 4.69) is 41.5 Å². The van der Waals surface area contributed by atoms with Crippen molar-refractivity contribution in [3.63, 3.8) is 0 Å². The van der Waals surface area contributed by atoms with Crippen molar-refractivity contribution < 1.29 is 9.59 Å². The van der Waals surface area contributed by atoms with Gasteiger partial charge in [-0.25, -0.2) is 0 Å². The second-order valence-corrected chi connectivity index (χ2v) is 10.4. The zero-order chi connectivity index (χ0) is 21.8. The van der Waals surface area contributed by atoms with Gasteiger partial charge in [0.15, 0.2) is 0 Å². The molecule has 0 unspecified atom stereocenters. The summed E-state index contributed by atoms with van der Waals surface area (Å²) >= 11 is 0. The molecule has 2 atom stereocenters. The topological polar surface area (TPSA) is 61.4 Å². The normalized spacial score (nSPS) is 24.7. The molecule has 1 saturated heterocycles. The summed E-state index contributed by atoms with van der Waals surface area (Å²) in [4.78, 5) is 28.6. The number of piperidine rings is 1. The Bertz CT molecular complexity index is 785. The summed E-state index contributed by atoms with van der Waals surface area (Å²) in [6, 6.07) is 6.65. The molecule has 2 N–H and O–H groups in total. The van der Waals surface area contributed by atoms with Crippen LogP contribution in [0.2, 0.25) is 0 Å². The van der Waals surface area contributed by atoms with Gasteiger partial charge in [0.25, 0.3) is 0 Å². The third-order valence-corrected chi connectivity index (χ3v) is 7.21. The van der Waals surface area contributed by atoms with Crippen LogP contribution in [-0.4, -0.2) is 42.4 Å². The molecule has 1 aliphatic heterocycles. The van der Waals surface area contributed by atoms with E-state index in [9.17, 15) is 9.59 Å². The molecule has 0 bridgehead atoms. The van der Waals surface area contributed by atoms with Gasteiger partial charge >= 0.3 is 0 Å². The van der Waals surface area contributed by atoms with Crippen LogP contribution in [0.1, 0.15) is 69.9 Å². The number of aryl methyl sites for hydroxylation is 2. The zero-order valence-electron chi connectivity index (χ0n) is 19.3. The van der Waals surface area contributed by atoms with Crippen LogP contribution in [0.25, 0.3) is 0 Å². The van der Waals surface area contributed by atoms with Gasteiger partial charge in [0.2, 0.25) is 11.8 Å². The van der Waals surface area contributed by atoms with Gasteiger partial charge in [0.1, 0.15) is 0 Å². The van der Waals surface area contributed by atoms with E-state index in [0.29, 0.717) is 18.4 Å². The molecule has 0 aromatic heterocycles. The van der Waals surface area contributed by atoms with Crippen LogP contribution < -0.4 is 10.6 Å². The maximum atomic E-state index is 13.2. The van der Waals surface area contributed by atoms with Crippen LogP contribution in [0.15, 0.2) is 18.2 Å². The Morgan fingerprint density at radius 3 is 2.42 bits per heavy atom. The van der Waals surface area contributed by atoms with Gasteiger partial charge in [-0.2, -0.15) is 0 Å². The lowest BCUT2D eigenvalue weighted by molar-refractivity contribution is -0.130. The first-order valence-electron chi connectivity index (χ1n) is 12.4. The van der Waals surface area contributed by atoms with Crippen molar-refractivity contribution in [2.24, 2.45) is 17.8 Å². The highest BCUT2D eigenvalue weighted by atomic mass is 16.2. The highest BCUT2D eigenvalue weighted by Crippen LogP contribution is 2.28. The maximum Gasteiger partial charge on any atom is 0.228 e. The zero-order valence-corrected chi connectivity index (χ0v) is 19.3. The minimum absolute atomic E-state index is 0.0573. The largest absolute Gasteiger partial charge is 0.353 e. The molecular formula is C26H39N3O2. The van der Waals surface area contributed by atoms with Crippen LogP contribution in [0, 0.1) is 17.8 Å². The summed E-state index contributed by atoms with van der Waals surface area (Å²) in [5.74, 6) is 0.464. The smallest absolute Gasteiger partial charge is 0.228 e. The van der Waals surface area contributed by atoms with Gasteiger partial charge in [-0.1, -0.05) is 39.2 Å². The number of hydrogen-bond donors (Lipinski definition) is 2. The first-order chi connectivity index (χ1) is 15.0. The number of rotatable bonds is 6. The Morgan fingerprint density at radius 1 is 0.968 bits per heavy atom. The van der Waals surface area contributed by atoms with Gasteiger partial charge in [0.05, 0.1) is 11.8 Å². The Hall–Kier alpha value is -1.88. The molecule has 2 fully saturated rings. The van der Waals surface area contributed by atoms with Gasteiger partial charge in [-0.05, 0) is 67.7 Å². The SMILES string of the molecule is CC(C)CN1C[C@H](C(=O)Nc2ccc3c(c2)CCC3)C[C@H](C(=O)NC2CCCCC2)C1. The van der Waals surface area contributed by atoms with Gasteiger partial charge in [0, 0.05) is 31.4 Å². The molecule has 2 aliphatic carbocycles. The predicted octanol–water partition coefficient (Wildman–Crippen LogP) is 4.16. The summed E-state index contributed by atoms with van der Waals surface area (Å²) in [5, 5.41) is 6.46. The van der Waals surface area contributed by atoms with Gasteiger partial charge in [-0.15, -0.1) is 0 Å². The van der Waals surface area contributed by atoms with E-state index in [0.717, 1.165) is 51.0 Å². The number of nitrogens with one attached hydrogen (secondary N) is 2. The lowest BCUT2D eigenvalue weighted by Gasteiger charge is -2.38. The van der Waals surface area contributed by atoms with Crippen molar-refractivity contribution in [2.75, 3.05) is 25.0 Å². The number of benzene rings is 1. The van der Waals surface area contributed by atoms with Gasteiger partial charge in [-0.3, -0.25) is 9.59 Å².